The second kappa shape index (κ2) is 7.83. The van der Waals surface area contributed by atoms with Gasteiger partial charge in [0, 0.05) is 5.39 Å². The van der Waals surface area contributed by atoms with E-state index in [2.05, 4.69) is 20.7 Å². The molecule has 2 heterocycles. The van der Waals surface area contributed by atoms with Gasteiger partial charge in [-0.15, -0.1) is 5.10 Å². The molecule has 0 spiro atoms. The number of carbonyl (C=O) groups excluding carboxylic acids is 1. The number of para-hydroxylation sites is 1. The van der Waals surface area contributed by atoms with Crippen LogP contribution in [0, 0.1) is 5.92 Å². The van der Waals surface area contributed by atoms with Gasteiger partial charge >= 0.3 is 0 Å². The van der Waals surface area contributed by atoms with Gasteiger partial charge in [-0.2, -0.15) is 5.10 Å². The number of hydrogen-bond donors (Lipinski definition) is 1. The Morgan fingerprint density at radius 1 is 1.07 bits per heavy atom. The second-order valence-electron chi connectivity index (χ2n) is 7.37. The van der Waals surface area contributed by atoms with Crippen molar-refractivity contribution in [1.82, 2.24) is 30.1 Å². The summed E-state index contributed by atoms with van der Waals surface area (Å²) >= 11 is 0. The highest BCUT2D eigenvalue weighted by Gasteiger charge is 2.19. The molecular formula is C21H22N6O2. The lowest BCUT2D eigenvalue weighted by Gasteiger charge is -2.22. The maximum absolute atomic E-state index is 12.7. The topological polar surface area (TPSA) is 94.7 Å². The summed E-state index contributed by atoms with van der Waals surface area (Å²) in [7, 11) is 0. The molecule has 1 amide bonds. The van der Waals surface area contributed by atoms with E-state index in [0.717, 1.165) is 16.4 Å². The van der Waals surface area contributed by atoms with Crippen molar-refractivity contribution in [1.29, 1.82) is 0 Å². The molecule has 0 saturated heterocycles. The second-order valence-corrected chi connectivity index (χ2v) is 7.37. The number of aromatic nitrogens is 5. The van der Waals surface area contributed by atoms with Gasteiger partial charge in [0.05, 0.1) is 29.7 Å². The normalized spacial score (nSPS) is 12.5. The third-order valence-electron chi connectivity index (χ3n) is 5.00. The predicted molar refractivity (Wildman–Crippen MR) is 110 cm³/mol. The van der Waals surface area contributed by atoms with Crippen molar-refractivity contribution in [2.24, 2.45) is 5.92 Å². The number of hydrogen-bond acceptors (Lipinski definition) is 5. The molecule has 0 saturated carbocycles. The molecule has 148 valence electrons. The molecule has 0 aliphatic rings. The Morgan fingerprint density at radius 3 is 2.66 bits per heavy atom. The average molecular weight is 390 g/mol. The Morgan fingerprint density at radius 2 is 1.83 bits per heavy atom. The zero-order valence-electron chi connectivity index (χ0n) is 16.3. The van der Waals surface area contributed by atoms with Crippen molar-refractivity contribution in [3.8, 4) is 0 Å². The molecule has 0 aliphatic heterocycles. The molecule has 1 atom stereocenters. The van der Waals surface area contributed by atoms with Gasteiger partial charge in [0.1, 0.15) is 12.1 Å². The van der Waals surface area contributed by atoms with Crippen LogP contribution in [0.4, 0.5) is 0 Å². The van der Waals surface area contributed by atoms with Gasteiger partial charge in [-0.05, 0) is 24.1 Å². The van der Waals surface area contributed by atoms with Gasteiger partial charge in [-0.25, -0.2) is 9.36 Å². The van der Waals surface area contributed by atoms with E-state index in [4.69, 9.17) is 0 Å². The third-order valence-corrected chi connectivity index (χ3v) is 5.00. The highest BCUT2D eigenvalue weighted by Crippen LogP contribution is 2.13. The molecule has 2 aromatic heterocycles. The van der Waals surface area contributed by atoms with E-state index in [0.29, 0.717) is 11.9 Å². The lowest BCUT2D eigenvalue weighted by Crippen LogP contribution is -2.44. The highest BCUT2D eigenvalue weighted by molar-refractivity contribution is 5.81. The Hall–Kier alpha value is -3.55. The van der Waals surface area contributed by atoms with E-state index in [1.807, 2.05) is 50.2 Å². The van der Waals surface area contributed by atoms with E-state index in [-0.39, 0.29) is 30.0 Å². The first-order valence-electron chi connectivity index (χ1n) is 9.55. The van der Waals surface area contributed by atoms with Crippen LogP contribution in [0.2, 0.25) is 0 Å². The molecule has 4 aromatic rings. The van der Waals surface area contributed by atoms with Crippen molar-refractivity contribution in [2.45, 2.75) is 33.0 Å². The van der Waals surface area contributed by atoms with Crippen molar-refractivity contribution < 1.29 is 4.79 Å². The zero-order valence-corrected chi connectivity index (χ0v) is 16.3. The van der Waals surface area contributed by atoms with E-state index in [1.165, 1.54) is 4.68 Å². The Bertz CT molecular complexity index is 1230. The van der Waals surface area contributed by atoms with E-state index in [9.17, 15) is 9.59 Å². The number of nitrogens with zero attached hydrogens (tertiary/aromatic N) is 5. The first-order valence-corrected chi connectivity index (χ1v) is 9.55. The van der Waals surface area contributed by atoms with Crippen molar-refractivity contribution in [2.75, 3.05) is 0 Å². The molecule has 0 unspecified atom stereocenters. The summed E-state index contributed by atoms with van der Waals surface area (Å²) in [5, 5.41) is 16.8. The highest BCUT2D eigenvalue weighted by atomic mass is 16.2. The maximum atomic E-state index is 12.7. The van der Waals surface area contributed by atoms with Gasteiger partial charge in [-0.1, -0.05) is 49.4 Å². The first-order chi connectivity index (χ1) is 14.0. The average Bonchev–Trinajstić information content (AvgIpc) is 3.13. The van der Waals surface area contributed by atoms with Crippen LogP contribution < -0.4 is 10.9 Å². The minimum atomic E-state index is -0.276. The number of nitrogens with one attached hydrogen (secondary N) is 1. The summed E-state index contributed by atoms with van der Waals surface area (Å²) in [6.45, 7) is 4.42. The molecule has 8 heteroatoms. The van der Waals surface area contributed by atoms with Crippen LogP contribution in [0.5, 0.6) is 0 Å². The number of benzene rings is 2. The fraction of sp³-hybridized carbons (Fsp3) is 0.286. The van der Waals surface area contributed by atoms with Crippen LogP contribution >= 0.6 is 0 Å². The SMILES string of the molecule is CC(C)[C@H](Cn1nnc2ccccc21)NC(=O)Cn1ncc2ccccc2c1=O. The number of carbonyl (C=O) groups is 1. The Kier molecular flexibility index (Phi) is 5.07. The predicted octanol–water partition coefficient (Wildman–Crippen LogP) is 1.98. The fourth-order valence-electron chi connectivity index (χ4n) is 3.29. The molecule has 0 fully saturated rings. The lowest BCUT2D eigenvalue weighted by molar-refractivity contribution is -0.123. The van der Waals surface area contributed by atoms with Gasteiger partial charge in [-0.3, -0.25) is 9.59 Å². The first kappa shape index (κ1) is 18.8. The van der Waals surface area contributed by atoms with Crippen LogP contribution in [-0.2, 0) is 17.9 Å². The minimum absolute atomic E-state index is 0.134. The van der Waals surface area contributed by atoms with Crippen LogP contribution in [-0.4, -0.2) is 36.7 Å². The summed E-state index contributed by atoms with van der Waals surface area (Å²) in [5.74, 6) is -0.0961. The number of rotatable bonds is 6. The molecule has 0 radical (unpaired) electrons. The summed E-state index contributed by atoms with van der Waals surface area (Å²) in [4.78, 5) is 25.2. The molecule has 1 N–H and O–H groups in total. The lowest BCUT2D eigenvalue weighted by atomic mass is 10.0. The minimum Gasteiger partial charge on any atom is -0.350 e. The Labute approximate surface area is 167 Å². The number of amides is 1. The molecule has 0 bridgehead atoms. The van der Waals surface area contributed by atoms with Gasteiger partial charge < -0.3 is 5.32 Å². The summed E-state index contributed by atoms with van der Waals surface area (Å²) < 4.78 is 2.99. The van der Waals surface area contributed by atoms with Crippen molar-refractivity contribution >= 4 is 27.7 Å². The summed E-state index contributed by atoms with van der Waals surface area (Å²) in [5.41, 5.74) is 1.45. The van der Waals surface area contributed by atoms with Crippen LogP contribution in [0.1, 0.15) is 13.8 Å². The van der Waals surface area contributed by atoms with E-state index >= 15 is 0 Å². The molecule has 29 heavy (non-hydrogen) atoms. The van der Waals surface area contributed by atoms with Crippen LogP contribution in [0.15, 0.2) is 59.5 Å². The standard InChI is InChI=1S/C21H22N6O2/c1-14(2)18(12-26-19-10-6-5-9-17(19)24-25-26)23-20(28)13-27-21(29)16-8-4-3-7-15(16)11-22-27/h3-11,14,18H,12-13H2,1-2H3,(H,23,28)/t18-/m0/s1. The van der Waals surface area contributed by atoms with Crippen LogP contribution in [0.3, 0.4) is 0 Å². The molecule has 2 aromatic carbocycles. The van der Waals surface area contributed by atoms with Crippen molar-refractivity contribution in [3.05, 3.63) is 65.1 Å². The molecule has 4 rings (SSSR count). The van der Waals surface area contributed by atoms with E-state index in [1.54, 1.807) is 23.0 Å². The molecular weight excluding hydrogens is 368 g/mol. The van der Waals surface area contributed by atoms with E-state index < -0.39 is 0 Å². The van der Waals surface area contributed by atoms with Gasteiger partial charge in [0.15, 0.2) is 0 Å². The molecule has 8 nitrogen and oxygen atoms in total. The zero-order chi connectivity index (χ0) is 20.4. The Balaban J connectivity index is 1.51. The van der Waals surface area contributed by atoms with Crippen molar-refractivity contribution in [3.63, 3.8) is 0 Å². The quantitative estimate of drug-likeness (QED) is 0.543. The maximum Gasteiger partial charge on any atom is 0.275 e. The molecule has 0 aliphatic carbocycles. The summed E-state index contributed by atoms with van der Waals surface area (Å²) in [6.07, 6.45) is 1.60. The van der Waals surface area contributed by atoms with Gasteiger partial charge in [0.25, 0.3) is 5.56 Å². The monoisotopic (exact) mass is 390 g/mol. The number of fused-ring (bicyclic) bond motifs is 2. The largest absolute Gasteiger partial charge is 0.350 e. The fourth-order valence-corrected chi connectivity index (χ4v) is 3.29. The van der Waals surface area contributed by atoms with Gasteiger partial charge in [0.2, 0.25) is 5.91 Å². The smallest absolute Gasteiger partial charge is 0.275 e. The third kappa shape index (κ3) is 3.87. The summed E-state index contributed by atoms with van der Waals surface area (Å²) in [6, 6.07) is 14.7. The van der Waals surface area contributed by atoms with Crippen LogP contribution in [0.25, 0.3) is 21.8 Å².